The summed E-state index contributed by atoms with van der Waals surface area (Å²) in [4.78, 5) is 11.9. The lowest BCUT2D eigenvalue weighted by Gasteiger charge is -2.08. The molecule has 1 aromatic heterocycles. The van der Waals surface area contributed by atoms with Gasteiger partial charge in [0.05, 0.1) is 24.2 Å². The minimum atomic E-state index is -0.825. The zero-order chi connectivity index (χ0) is 19.2. The van der Waals surface area contributed by atoms with Crippen molar-refractivity contribution in [2.75, 3.05) is 18.2 Å². The summed E-state index contributed by atoms with van der Waals surface area (Å²) < 4.78 is 31.7. The molecule has 2 aromatic carbocycles. The number of nitrogens with one attached hydrogen (secondary N) is 1. The number of halogens is 2. The van der Waals surface area contributed by atoms with E-state index in [0.717, 1.165) is 23.4 Å². The first kappa shape index (κ1) is 18.8. The number of nitrogens with zero attached hydrogens (tertiary/aromatic N) is 2. The molecule has 5 nitrogen and oxygen atoms in total. The Morgan fingerprint density at radius 2 is 1.93 bits per heavy atom. The van der Waals surface area contributed by atoms with E-state index in [1.54, 1.807) is 19.2 Å². The number of amides is 1. The summed E-state index contributed by atoms with van der Waals surface area (Å²) in [6, 6.07) is 13.9. The molecule has 0 aliphatic carbocycles. The molecule has 1 heterocycles. The van der Waals surface area contributed by atoms with Crippen LogP contribution in [-0.4, -0.2) is 29.0 Å². The zero-order valence-electron chi connectivity index (χ0n) is 14.3. The van der Waals surface area contributed by atoms with E-state index in [9.17, 15) is 13.6 Å². The van der Waals surface area contributed by atoms with E-state index in [4.69, 9.17) is 4.74 Å². The van der Waals surface area contributed by atoms with E-state index in [1.165, 1.54) is 6.07 Å². The molecule has 27 heavy (non-hydrogen) atoms. The highest BCUT2D eigenvalue weighted by Crippen LogP contribution is 2.28. The number of hydrogen-bond acceptors (Lipinski definition) is 5. The van der Waals surface area contributed by atoms with Gasteiger partial charge in [0.15, 0.2) is 0 Å². The average molecular weight is 387 g/mol. The van der Waals surface area contributed by atoms with Crippen LogP contribution in [0.5, 0.6) is 5.75 Å². The van der Waals surface area contributed by atoms with Gasteiger partial charge in [-0.2, -0.15) is 0 Å². The van der Waals surface area contributed by atoms with Gasteiger partial charge in [-0.15, -0.1) is 10.2 Å². The number of thioether (sulfide) groups is 1. The molecule has 0 aliphatic heterocycles. The number of para-hydroxylation sites is 1. The summed E-state index contributed by atoms with van der Waals surface area (Å²) in [6.45, 7) is 0. The maximum Gasteiger partial charge on any atom is 0.234 e. The standard InChI is InChI=1S/C19H15F2N3O2S/c1-26-17-5-3-2-4-13(17)15-8-9-19(24-23-15)27-11-18(25)22-16-7-6-12(20)10-14(16)21/h2-10H,11H2,1H3,(H,22,25). The lowest BCUT2D eigenvalue weighted by molar-refractivity contribution is -0.113. The predicted octanol–water partition coefficient (Wildman–Crippen LogP) is 4.16. The zero-order valence-corrected chi connectivity index (χ0v) is 15.1. The van der Waals surface area contributed by atoms with Crippen molar-refractivity contribution < 1.29 is 18.3 Å². The second kappa shape index (κ2) is 8.59. The summed E-state index contributed by atoms with van der Waals surface area (Å²) in [7, 11) is 1.58. The molecule has 1 amide bonds. The van der Waals surface area contributed by atoms with Crippen LogP contribution in [0.2, 0.25) is 0 Å². The normalized spacial score (nSPS) is 10.5. The molecule has 0 spiro atoms. The maximum absolute atomic E-state index is 13.5. The number of hydrogen-bond donors (Lipinski definition) is 1. The van der Waals surface area contributed by atoms with Crippen LogP contribution < -0.4 is 10.1 Å². The lowest BCUT2D eigenvalue weighted by Crippen LogP contribution is -2.15. The monoisotopic (exact) mass is 387 g/mol. The second-order valence-corrected chi connectivity index (χ2v) is 6.41. The number of anilines is 1. The minimum absolute atomic E-state index is 0.0134. The number of carbonyl (C=O) groups is 1. The lowest BCUT2D eigenvalue weighted by atomic mass is 10.1. The Labute approximate surface area is 158 Å². The van der Waals surface area contributed by atoms with Crippen molar-refractivity contribution >= 4 is 23.4 Å². The van der Waals surface area contributed by atoms with E-state index in [-0.39, 0.29) is 11.4 Å². The molecular weight excluding hydrogens is 372 g/mol. The fourth-order valence-electron chi connectivity index (χ4n) is 2.31. The number of ether oxygens (including phenoxy) is 1. The highest BCUT2D eigenvalue weighted by molar-refractivity contribution is 7.99. The Hall–Kier alpha value is -3.00. The van der Waals surface area contributed by atoms with Crippen LogP contribution in [0.15, 0.2) is 59.6 Å². The quantitative estimate of drug-likeness (QED) is 0.644. The van der Waals surface area contributed by atoms with E-state index >= 15 is 0 Å². The third-order valence-corrected chi connectivity index (χ3v) is 4.50. The highest BCUT2D eigenvalue weighted by atomic mass is 32.2. The number of benzene rings is 2. The van der Waals surface area contributed by atoms with Gasteiger partial charge in [0.1, 0.15) is 22.4 Å². The smallest absolute Gasteiger partial charge is 0.234 e. The SMILES string of the molecule is COc1ccccc1-c1ccc(SCC(=O)Nc2ccc(F)cc2F)nn1. The third kappa shape index (κ3) is 4.79. The molecule has 0 atom stereocenters. The molecule has 3 rings (SSSR count). The van der Waals surface area contributed by atoms with Crippen LogP contribution in [-0.2, 0) is 4.79 Å². The molecule has 3 aromatic rings. The molecule has 0 radical (unpaired) electrons. The summed E-state index contributed by atoms with van der Waals surface area (Å²) in [5.41, 5.74) is 1.39. The molecule has 0 aliphatic rings. The molecule has 1 N–H and O–H groups in total. The fourth-order valence-corrected chi connectivity index (χ4v) is 2.93. The number of aromatic nitrogens is 2. The topological polar surface area (TPSA) is 64.1 Å². The van der Waals surface area contributed by atoms with E-state index in [0.29, 0.717) is 22.5 Å². The van der Waals surface area contributed by atoms with Crippen molar-refractivity contribution in [1.82, 2.24) is 10.2 Å². The van der Waals surface area contributed by atoms with Gasteiger partial charge >= 0.3 is 0 Å². The van der Waals surface area contributed by atoms with Gasteiger partial charge in [0.2, 0.25) is 5.91 Å². The minimum Gasteiger partial charge on any atom is -0.496 e. The van der Waals surface area contributed by atoms with Gasteiger partial charge in [-0.05, 0) is 36.4 Å². The molecule has 0 fully saturated rings. The van der Waals surface area contributed by atoms with Crippen LogP contribution in [0.1, 0.15) is 0 Å². The van der Waals surface area contributed by atoms with Gasteiger partial charge in [0, 0.05) is 11.6 Å². The van der Waals surface area contributed by atoms with Crippen molar-refractivity contribution in [3.63, 3.8) is 0 Å². The molecule has 138 valence electrons. The van der Waals surface area contributed by atoms with Gasteiger partial charge in [-0.1, -0.05) is 23.9 Å². The summed E-state index contributed by atoms with van der Waals surface area (Å²) in [5, 5.41) is 11.2. The Balaban J connectivity index is 1.61. The Bertz CT molecular complexity index is 952. The van der Waals surface area contributed by atoms with Crippen LogP contribution in [0.4, 0.5) is 14.5 Å². The van der Waals surface area contributed by atoms with Gasteiger partial charge in [0.25, 0.3) is 0 Å². The molecule has 0 saturated carbocycles. The Kier molecular flexibility index (Phi) is 5.97. The average Bonchev–Trinajstić information content (AvgIpc) is 2.69. The Morgan fingerprint density at radius 1 is 1.11 bits per heavy atom. The van der Waals surface area contributed by atoms with Crippen molar-refractivity contribution in [2.45, 2.75) is 5.03 Å². The van der Waals surface area contributed by atoms with E-state index in [1.807, 2.05) is 24.3 Å². The first-order valence-corrected chi connectivity index (χ1v) is 8.90. The third-order valence-electron chi connectivity index (χ3n) is 3.58. The van der Waals surface area contributed by atoms with Gasteiger partial charge in [-0.25, -0.2) is 8.78 Å². The largest absolute Gasteiger partial charge is 0.496 e. The molecule has 0 bridgehead atoms. The molecule has 0 unspecified atom stereocenters. The number of methoxy groups -OCH3 is 1. The summed E-state index contributed by atoms with van der Waals surface area (Å²) in [6.07, 6.45) is 0. The van der Waals surface area contributed by atoms with Crippen molar-refractivity contribution in [2.24, 2.45) is 0 Å². The Morgan fingerprint density at radius 3 is 2.63 bits per heavy atom. The second-order valence-electron chi connectivity index (χ2n) is 5.42. The van der Waals surface area contributed by atoms with Gasteiger partial charge < -0.3 is 10.1 Å². The van der Waals surface area contributed by atoms with Crippen molar-refractivity contribution in [3.8, 4) is 17.0 Å². The molecule has 0 saturated heterocycles. The fraction of sp³-hybridized carbons (Fsp3) is 0.105. The summed E-state index contributed by atoms with van der Waals surface area (Å²) in [5.74, 6) is -1.26. The van der Waals surface area contributed by atoms with E-state index in [2.05, 4.69) is 15.5 Å². The van der Waals surface area contributed by atoms with E-state index < -0.39 is 17.5 Å². The van der Waals surface area contributed by atoms with Crippen LogP contribution >= 0.6 is 11.8 Å². The van der Waals surface area contributed by atoms with Crippen LogP contribution in [0, 0.1) is 11.6 Å². The number of carbonyl (C=O) groups excluding carboxylic acids is 1. The highest BCUT2D eigenvalue weighted by Gasteiger charge is 2.11. The first-order valence-electron chi connectivity index (χ1n) is 7.91. The predicted molar refractivity (Wildman–Crippen MR) is 99.7 cm³/mol. The van der Waals surface area contributed by atoms with Crippen molar-refractivity contribution in [3.05, 3.63) is 66.2 Å². The van der Waals surface area contributed by atoms with Crippen molar-refractivity contribution in [1.29, 1.82) is 0 Å². The molecule has 8 heteroatoms. The van der Waals surface area contributed by atoms with Crippen LogP contribution in [0.3, 0.4) is 0 Å². The summed E-state index contributed by atoms with van der Waals surface area (Å²) >= 11 is 1.16. The first-order chi connectivity index (χ1) is 13.1. The maximum atomic E-state index is 13.5. The number of rotatable bonds is 6. The molecular formula is C19H15F2N3O2S. The van der Waals surface area contributed by atoms with Gasteiger partial charge in [-0.3, -0.25) is 4.79 Å². The van der Waals surface area contributed by atoms with Crippen LogP contribution in [0.25, 0.3) is 11.3 Å².